The van der Waals surface area contributed by atoms with E-state index in [1.807, 2.05) is 18.2 Å². The molecule has 1 aromatic carbocycles. The van der Waals surface area contributed by atoms with E-state index in [1.165, 1.54) is 0 Å². The number of halogens is 2. The fraction of sp³-hybridized carbons (Fsp3) is 0.600. The lowest BCUT2D eigenvalue weighted by Gasteiger charge is -2.28. The summed E-state index contributed by atoms with van der Waals surface area (Å²) in [6.07, 6.45) is 0.964. The second kappa shape index (κ2) is 7.37. The highest BCUT2D eigenvalue weighted by Gasteiger charge is 2.21. The highest BCUT2D eigenvalue weighted by molar-refractivity contribution is 6.33. The Hall–Kier alpha value is -0.240. The maximum Gasteiger partial charge on any atom is 0.0439 e. The first-order valence-electron chi connectivity index (χ1n) is 6.63. The smallest absolute Gasteiger partial charge is 0.0439 e. The van der Waals surface area contributed by atoms with Gasteiger partial charge in [0.2, 0.25) is 0 Å². The van der Waals surface area contributed by atoms with Crippen LogP contribution in [0.4, 0.5) is 0 Å². The van der Waals surface area contributed by atoms with E-state index in [9.17, 15) is 0 Å². The highest BCUT2D eigenvalue weighted by Crippen LogP contribution is 2.27. The Morgan fingerprint density at radius 2 is 1.83 bits per heavy atom. The van der Waals surface area contributed by atoms with E-state index in [-0.39, 0.29) is 0 Å². The van der Waals surface area contributed by atoms with Crippen molar-refractivity contribution in [1.82, 2.24) is 5.32 Å². The summed E-state index contributed by atoms with van der Waals surface area (Å²) in [6, 6.07) is 6.18. The SMILES string of the molecule is CCNC(C)C(Cc1cc(Cl)ccc1Cl)C(C)C. The molecule has 0 aliphatic carbocycles. The zero-order valence-electron chi connectivity index (χ0n) is 11.6. The molecule has 0 aliphatic heterocycles. The van der Waals surface area contributed by atoms with Crippen molar-refractivity contribution in [2.24, 2.45) is 11.8 Å². The summed E-state index contributed by atoms with van der Waals surface area (Å²) in [7, 11) is 0. The molecule has 0 aliphatic rings. The van der Waals surface area contributed by atoms with Crippen LogP contribution in [0.25, 0.3) is 0 Å². The van der Waals surface area contributed by atoms with Gasteiger partial charge in [0.1, 0.15) is 0 Å². The molecule has 0 radical (unpaired) electrons. The van der Waals surface area contributed by atoms with E-state index in [2.05, 4.69) is 33.0 Å². The minimum atomic E-state index is 0.477. The van der Waals surface area contributed by atoms with E-state index in [0.29, 0.717) is 17.9 Å². The van der Waals surface area contributed by atoms with Crippen molar-refractivity contribution in [3.8, 4) is 0 Å². The van der Waals surface area contributed by atoms with E-state index < -0.39 is 0 Å². The van der Waals surface area contributed by atoms with Crippen LogP contribution < -0.4 is 5.32 Å². The van der Waals surface area contributed by atoms with Crippen LogP contribution in [0.15, 0.2) is 18.2 Å². The van der Waals surface area contributed by atoms with Crippen molar-refractivity contribution < 1.29 is 0 Å². The van der Waals surface area contributed by atoms with Gasteiger partial charge in [-0.2, -0.15) is 0 Å². The van der Waals surface area contributed by atoms with Crippen molar-refractivity contribution in [1.29, 1.82) is 0 Å². The maximum atomic E-state index is 6.25. The average Bonchev–Trinajstić information content (AvgIpc) is 2.30. The molecule has 2 unspecified atom stereocenters. The van der Waals surface area contributed by atoms with Gasteiger partial charge >= 0.3 is 0 Å². The Morgan fingerprint density at radius 3 is 2.39 bits per heavy atom. The quantitative estimate of drug-likeness (QED) is 0.792. The molecule has 1 aromatic rings. The van der Waals surface area contributed by atoms with Gasteiger partial charge in [0.05, 0.1) is 0 Å². The van der Waals surface area contributed by atoms with Gasteiger partial charge in [-0.25, -0.2) is 0 Å². The molecule has 102 valence electrons. The van der Waals surface area contributed by atoms with Gasteiger partial charge < -0.3 is 5.32 Å². The lowest BCUT2D eigenvalue weighted by atomic mass is 9.84. The molecule has 0 saturated carbocycles. The lowest BCUT2D eigenvalue weighted by molar-refractivity contribution is 0.292. The second-order valence-electron chi connectivity index (χ2n) is 5.19. The highest BCUT2D eigenvalue weighted by atomic mass is 35.5. The maximum absolute atomic E-state index is 6.25. The third-order valence-corrected chi connectivity index (χ3v) is 4.09. The third-order valence-electron chi connectivity index (χ3n) is 3.49. The lowest BCUT2D eigenvalue weighted by Crippen LogP contribution is -2.37. The molecule has 1 N–H and O–H groups in total. The van der Waals surface area contributed by atoms with Crippen molar-refractivity contribution in [3.05, 3.63) is 33.8 Å². The Kier molecular flexibility index (Phi) is 6.48. The number of hydrogen-bond donors (Lipinski definition) is 1. The van der Waals surface area contributed by atoms with Crippen LogP contribution in [0.1, 0.15) is 33.3 Å². The first-order chi connectivity index (χ1) is 8.45. The predicted molar refractivity (Wildman–Crippen MR) is 81.6 cm³/mol. The topological polar surface area (TPSA) is 12.0 Å². The van der Waals surface area contributed by atoms with E-state index >= 15 is 0 Å². The number of benzene rings is 1. The Morgan fingerprint density at radius 1 is 1.17 bits per heavy atom. The summed E-state index contributed by atoms with van der Waals surface area (Å²) in [4.78, 5) is 0. The molecule has 3 heteroatoms. The summed E-state index contributed by atoms with van der Waals surface area (Å²) in [5, 5.41) is 5.08. The Bertz CT molecular complexity index is 377. The van der Waals surface area contributed by atoms with Crippen molar-refractivity contribution in [2.45, 2.75) is 40.2 Å². The molecule has 18 heavy (non-hydrogen) atoms. The van der Waals surface area contributed by atoms with Crippen molar-refractivity contribution in [3.63, 3.8) is 0 Å². The molecular formula is C15H23Cl2N. The van der Waals surface area contributed by atoms with E-state index in [0.717, 1.165) is 28.6 Å². The predicted octanol–water partition coefficient (Wildman–Crippen LogP) is 4.81. The molecule has 0 bridgehead atoms. The van der Waals surface area contributed by atoms with Crippen LogP contribution in [0, 0.1) is 11.8 Å². The zero-order valence-corrected chi connectivity index (χ0v) is 13.1. The fourth-order valence-corrected chi connectivity index (χ4v) is 2.81. The first kappa shape index (κ1) is 15.8. The summed E-state index contributed by atoms with van der Waals surface area (Å²) in [6.45, 7) is 9.90. The van der Waals surface area contributed by atoms with Gasteiger partial charge in [-0.3, -0.25) is 0 Å². The van der Waals surface area contributed by atoms with Gasteiger partial charge in [-0.05, 0) is 55.5 Å². The van der Waals surface area contributed by atoms with Gasteiger partial charge in [-0.1, -0.05) is 44.0 Å². The first-order valence-corrected chi connectivity index (χ1v) is 7.38. The third kappa shape index (κ3) is 4.46. The molecule has 0 heterocycles. The van der Waals surface area contributed by atoms with Crippen LogP contribution >= 0.6 is 23.2 Å². The van der Waals surface area contributed by atoms with Crippen molar-refractivity contribution >= 4 is 23.2 Å². The molecule has 0 saturated heterocycles. The zero-order chi connectivity index (χ0) is 13.7. The average molecular weight is 288 g/mol. The molecule has 0 aromatic heterocycles. The number of nitrogens with one attached hydrogen (secondary N) is 1. The minimum absolute atomic E-state index is 0.477. The number of hydrogen-bond acceptors (Lipinski definition) is 1. The van der Waals surface area contributed by atoms with E-state index in [4.69, 9.17) is 23.2 Å². The minimum Gasteiger partial charge on any atom is -0.314 e. The van der Waals surface area contributed by atoms with Crippen LogP contribution in [0.3, 0.4) is 0 Å². The fourth-order valence-electron chi connectivity index (χ4n) is 2.42. The van der Waals surface area contributed by atoms with Gasteiger partial charge in [-0.15, -0.1) is 0 Å². The van der Waals surface area contributed by atoms with Gasteiger partial charge in [0.25, 0.3) is 0 Å². The molecular weight excluding hydrogens is 265 g/mol. The molecule has 2 atom stereocenters. The van der Waals surface area contributed by atoms with Crippen molar-refractivity contribution in [2.75, 3.05) is 6.54 Å². The second-order valence-corrected chi connectivity index (χ2v) is 6.04. The van der Waals surface area contributed by atoms with Crippen LogP contribution in [0.5, 0.6) is 0 Å². The summed E-state index contributed by atoms with van der Waals surface area (Å²) in [5.74, 6) is 1.16. The molecule has 0 spiro atoms. The normalized spacial score (nSPS) is 14.8. The van der Waals surface area contributed by atoms with Crippen LogP contribution in [0.2, 0.25) is 10.0 Å². The van der Waals surface area contributed by atoms with Gasteiger partial charge in [0.15, 0.2) is 0 Å². The Labute approximate surface area is 121 Å². The molecule has 0 fully saturated rings. The Balaban J connectivity index is 2.86. The van der Waals surface area contributed by atoms with Gasteiger partial charge in [0, 0.05) is 16.1 Å². The molecule has 0 amide bonds. The molecule has 1 rings (SSSR count). The largest absolute Gasteiger partial charge is 0.314 e. The number of rotatable bonds is 6. The summed E-state index contributed by atoms with van der Waals surface area (Å²) < 4.78 is 0. The summed E-state index contributed by atoms with van der Waals surface area (Å²) >= 11 is 12.3. The molecule has 1 nitrogen and oxygen atoms in total. The van der Waals surface area contributed by atoms with Crippen LogP contribution in [-0.2, 0) is 6.42 Å². The monoisotopic (exact) mass is 287 g/mol. The van der Waals surface area contributed by atoms with E-state index in [1.54, 1.807) is 0 Å². The summed E-state index contributed by atoms with van der Waals surface area (Å²) in [5.41, 5.74) is 1.15. The van der Waals surface area contributed by atoms with Crippen LogP contribution in [-0.4, -0.2) is 12.6 Å². The standard InChI is InChI=1S/C15H23Cl2N/c1-5-18-11(4)14(10(2)3)9-12-8-13(16)6-7-15(12)17/h6-8,10-11,14,18H,5,9H2,1-4H3.